The molecule has 0 aromatic heterocycles. The number of carbonyl (C=O) groups excluding carboxylic acids is 1. The summed E-state index contributed by atoms with van der Waals surface area (Å²) in [6.45, 7) is 4.63. The lowest BCUT2D eigenvalue weighted by atomic mass is 10.1. The Balaban J connectivity index is 2.12. The molecule has 1 aromatic rings. The molecule has 1 aromatic carbocycles. The molecule has 5 heteroatoms. The van der Waals surface area contributed by atoms with E-state index in [4.69, 9.17) is 9.47 Å². The third-order valence-corrected chi connectivity index (χ3v) is 4.25. The maximum absolute atomic E-state index is 12.8. The van der Waals surface area contributed by atoms with Gasteiger partial charge in [0.05, 0.1) is 13.2 Å². The van der Waals surface area contributed by atoms with Crippen molar-refractivity contribution in [2.45, 2.75) is 32.4 Å². The third-order valence-electron chi connectivity index (χ3n) is 4.25. The number of methoxy groups -OCH3 is 1. The van der Waals surface area contributed by atoms with Crippen LogP contribution in [0.4, 0.5) is 0 Å². The molecule has 23 heavy (non-hydrogen) atoms. The minimum Gasteiger partial charge on any atom is -0.496 e. The number of benzene rings is 1. The van der Waals surface area contributed by atoms with Crippen molar-refractivity contribution in [1.29, 1.82) is 0 Å². The molecular weight excluding hydrogens is 292 g/mol. The number of nitrogens with zero attached hydrogens (tertiary/aromatic N) is 1. The van der Waals surface area contributed by atoms with E-state index in [1.807, 2.05) is 43.1 Å². The lowest BCUT2D eigenvalue weighted by Crippen LogP contribution is -2.42. The fourth-order valence-corrected chi connectivity index (χ4v) is 3.01. The Kier molecular flexibility index (Phi) is 6.86. The van der Waals surface area contributed by atoms with Crippen molar-refractivity contribution >= 4 is 5.91 Å². The van der Waals surface area contributed by atoms with Gasteiger partial charge < -0.3 is 19.7 Å². The van der Waals surface area contributed by atoms with Gasteiger partial charge in [0.1, 0.15) is 5.75 Å². The Bertz CT molecular complexity index is 501. The van der Waals surface area contributed by atoms with Gasteiger partial charge in [0, 0.05) is 37.7 Å². The van der Waals surface area contributed by atoms with Crippen molar-refractivity contribution in [3.8, 4) is 5.75 Å². The number of nitrogens with one attached hydrogen (secondary N) is 1. The summed E-state index contributed by atoms with van der Waals surface area (Å²) < 4.78 is 11.1. The summed E-state index contributed by atoms with van der Waals surface area (Å²) in [7, 11) is 3.53. The topological polar surface area (TPSA) is 50.8 Å². The van der Waals surface area contributed by atoms with Gasteiger partial charge in [0.25, 0.3) is 0 Å². The third kappa shape index (κ3) is 4.94. The summed E-state index contributed by atoms with van der Waals surface area (Å²) in [5.74, 6) is 0.913. The molecule has 1 aliphatic rings. The molecule has 0 aliphatic carbocycles. The van der Waals surface area contributed by atoms with E-state index in [0.29, 0.717) is 19.6 Å². The number of rotatable bonds is 8. The number of para-hydroxylation sites is 1. The second kappa shape index (κ2) is 8.89. The monoisotopic (exact) mass is 320 g/mol. The molecule has 0 bridgehead atoms. The minimum atomic E-state index is -0.0592. The van der Waals surface area contributed by atoms with Crippen LogP contribution in [0.25, 0.3) is 0 Å². The Morgan fingerprint density at radius 2 is 2.26 bits per heavy atom. The Morgan fingerprint density at radius 3 is 2.91 bits per heavy atom. The van der Waals surface area contributed by atoms with E-state index in [9.17, 15) is 4.79 Å². The first kappa shape index (κ1) is 17.8. The molecule has 128 valence electrons. The van der Waals surface area contributed by atoms with Gasteiger partial charge in [-0.25, -0.2) is 0 Å². The average Bonchev–Trinajstić information content (AvgIpc) is 3.07. The Morgan fingerprint density at radius 1 is 1.48 bits per heavy atom. The van der Waals surface area contributed by atoms with E-state index < -0.39 is 0 Å². The molecule has 2 atom stereocenters. The van der Waals surface area contributed by atoms with Gasteiger partial charge in [0.15, 0.2) is 0 Å². The zero-order valence-corrected chi connectivity index (χ0v) is 14.4. The van der Waals surface area contributed by atoms with E-state index in [1.165, 1.54) is 0 Å². The average molecular weight is 320 g/mol. The van der Waals surface area contributed by atoms with Crippen molar-refractivity contribution in [3.05, 3.63) is 29.8 Å². The van der Waals surface area contributed by atoms with Crippen LogP contribution in [0.15, 0.2) is 24.3 Å². The molecule has 1 heterocycles. The van der Waals surface area contributed by atoms with Gasteiger partial charge in [-0.15, -0.1) is 0 Å². The van der Waals surface area contributed by atoms with Crippen LogP contribution < -0.4 is 10.1 Å². The highest BCUT2D eigenvalue weighted by Gasteiger charge is 2.26. The van der Waals surface area contributed by atoms with E-state index in [1.54, 1.807) is 7.11 Å². The highest BCUT2D eigenvalue weighted by Crippen LogP contribution is 2.22. The number of ether oxygens (including phenoxy) is 2. The lowest BCUT2D eigenvalue weighted by Gasteiger charge is -2.28. The van der Waals surface area contributed by atoms with Crippen molar-refractivity contribution < 1.29 is 14.3 Å². The van der Waals surface area contributed by atoms with Crippen LogP contribution in [0.3, 0.4) is 0 Å². The summed E-state index contributed by atoms with van der Waals surface area (Å²) in [5, 5.41) is 3.08. The van der Waals surface area contributed by atoms with Crippen LogP contribution in [-0.4, -0.2) is 50.8 Å². The molecule has 1 fully saturated rings. The van der Waals surface area contributed by atoms with Crippen LogP contribution in [0.2, 0.25) is 0 Å². The normalized spacial score (nSPS) is 18.7. The predicted molar refractivity (Wildman–Crippen MR) is 90.5 cm³/mol. The molecule has 1 aliphatic heterocycles. The highest BCUT2D eigenvalue weighted by molar-refractivity contribution is 5.78. The van der Waals surface area contributed by atoms with E-state index in [0.717, 1.165) is 30.8 Å². The van der Waals surface area contributed by atoms with Gasteiger partial charge in [-0.2, -0.15) is 0 Å². The van der Waals surface area contributed by atoms with Crippen molar-refractivity contribution in [2.24, 2.45) is 5.92 Å². The van der Waals surface area contributed by atoms with Crippen molar-refractivity contribution in [3.63, 3.8) is 0 Å². The second-order valence-corrected chi connectivity index (χ2v) is 6.12. The first-order valence-corrected chi connectivity index (χ1v) is 8.32. The molecule has 2 unspecified atom stereocenters. The van der Waals surface area contributed by atoms with Crippen LogP contribution in [0.1, 0.15) is 25.3 Å². The van der Waals surface area contributed by atoms with Gasteiger partial charge in [-0.1, -0.05) is 25.1 Å². The molecule has 1 N–H and O–H groups in total. The maximum atomic E-state index is 12.8. The van der Waals surface area contributed by atoms with Crippen LogP contribution in [-0.2, 0) is 16.1 Å². The summed E-state index contributed by atoms with van der Waals surface area (Å²) in [6.07, 6.45) is 2.25. The molecule has 0 radical (unpaired) electrons. The molecule has 5 nitrogen and oxygen atoms in total. The zero-order valence-electron chi connectivity index (χ0n) is 14.4. The minimum absolute atomic E-state index is 0.0592. The second-order valence-electron chi connectivity index (χ2n) is 6.12. The van der Waals surface area contributed by atoms with E-state index in [2.05, 4.69) is 5.32 Å². The van der Waals surface area contributed by atoms with Gasteiger partial charge in [-0.3, -0.25) is 4.79 Å². The fraction of sp³-hybridized carbons (Fsp3) is 0.611. The molecular formula is C18H28N2O3. The zero-order chi connectivity index (χ0) is 16.7. The largest absolute Gasteiger partial charge is 0.496 e. The lowest BCUT2D eigenvalue weighted by molar-refractivity contribution is -0.137. The smallest absolute Gasteiger partial charge is 0.227 e. The van der Waals surface area contributed by atoms with Gasteiger partial charge in [-0.05, 0) is 26.0 Å². The van der Waals surface area contributed by atoms with Crippen LogP contribution in [0, 0.1) is 5.92 Å². The molecule has 2 rings (SSSR count). The predicted octanol–water partition coefficient (Wildman–Crippen LogP) is 2.06. The SMILES string of the molecule is CNCC(C)C(=O)N(Cc1ccccc1OC)CC1CCCO1. The molecule has 0 spiro atoms. The summed E-state index contributed by atoms with van der Waals surface area (Å²) in [4.78, 5) is 14.7. The van der Waals surface area contributed by atoms with Crippen LogP contribution >= 0.6 is 0 Å². The fourth-order valence-electron chi connectivity index (χ4n) is 3.01. The first-order valence-electron chi connectivity index (χ1n) is 8.32. The summed E-state index contributed by atoms with van der Waals surface area (Å²) in [6, 6.07) is 7.86. The van der Waals surface area contributed by atoms with Crippen LogP contribution in [0.5, 0.6) is 5.75 Å². The number of amides is 1. The summed E-state index contributed by atoms with van der Waals surface area (Å²) >= 11 is 0. The molecule has 0 saturated carbocycles. The number of carbonyl (C=O) groups is 1. The number of hydrogen-bond donors (Lipinski definition) is 1. The summed E-state index contributed by atoms with van der Waals surface area (Å²) in [5.41, 5.74) is 1.03. The van der Waals surface area contributed by atoms with E-state index >= 15 is 0 Å². The maximum Gasteiger partial charge on any atom is 0.227 e. The Hall–Kier alpha value is -1.59. The molecule has 1 amide bonds. The highest BCUT2D eigenvalue weighted by atomic mass is 16.5. The van der Waals surface area contributed by atoms with Crippen molar-refractivity contribution in [2.75, 3.05) is 33.9 Å². The number of hydrogen-bond acceptors (Lipinski definition) is 4. The Labute approximate surface area is 139 Å². The first-order chi connectivity index (χ1) is 11.2. The quantitative estimate of drug-likeness (QED) is 0.796. The van der Waals surface area contributed by atoms with E-state index in [-0.39, 0.29) is 17.9 Å². The van der Waals surface area contributed by atoms with Gasteiger partial charge >= 0.3 is 0 Å². The van der Waals surface area contributed by atoms with Gasteiger partial charge in [0.2, 0.25) is 5.91 Å². The van der Waals surface area contributed by atoms with Crippen molar-refractivity contribution in [1.82, 2.24) is 10.2 Å². The standard InChI is InChI=1S/C18H28N2O3/c1-14(11-19-2)18(21)20(13-16-8-6-10-23-16)12-15-7-4-5-9-17(15)22-3/h4-5,7,9,14,16,19H,6,8,10-13H2,1-3H3. The molecule has 1 saturated heterocycles.